The van der Waals surface area contributed by atoms with Gasteiger partial charge in [-0.15, -0.1) is 0 Å². The fourth-order valence-corrected chi connectivity index (χ4v) is 0. The molecule has 0 aromatic carbocycles. The average Bonchev–Trinajstić information content (AvgIpc) is 1.65. The maximum atomic E-state index is 9.69. The minimum absolute atomic E-state index is 0.0185. The van der Waals surface area contributed by atoms with Crippen molar-refractivity contribution >= 4 is 16.6 Å². The number of hydrogen-bond acceptors (Lipinski definition) is 2. The van der Waals surface area contributed by atoms with Crippen molar-refractivity contribution in [3.8, 4) is 0 Å². The van der Waals surface area contributed by atoms with Crippen molar-refractivity contribution < 1.29 is 9.00 Å². The molecule has 0 rings (SSSR count). The molecule has 0 saturated carbocycles. The van der Waals surface area contributed by atoms with Crippen molar-refractivity contribution in [2.75, 3.05) is 12.5 Å². The Balaban J connectivity index is 0. The van der Waals surface area contributed by atoms with Gasteiger partial charge in [-0.25, -0.2) is 0 Å². The molecule has 0 heterocycles. The zero-order valence-electron chi connectivity index (χ0n) is 6.01. The maximum absolute atomic E-state index is 9.69. The van der Waals surface area contributed by atoms with Crippen molar-refractivity contribution in [3.05, 3.63) is 12.7 Å². The van der Waals surface area contributed by atoms with E-state index in [9.17, 15) is 9.00 Å². The van der Waals surface area contributed by atoms with E-state index in [4.69, 9.17) is 0 Å². The SMILES string of the molecule is C=CC(C)=O.CS(C)=O. The molecule has 3 heteroatoms. The lowest BCUT2D eigenvalue weighted by Gasteiger charge is -1.62. The van der Waals surface area contributed by atoms with E-state index in [1.165, 1.54) is 13.0 Å². The van der Waals surface area contributed by atoms with Gasteiger partial charge in [0.15, 0.2) is 5.78 Å². The van der Waals surface area contributed by atoms with E-state index in [0.29, 0.717) is 0 Å². The molecule has 0 saturated heterocycles. The third kappa shape index (κ3) is 96.0. The Morgan fingerprint density at radius 2 is 1.67 bits per heavy atom. The summed E-state index contributed by atoms with van der Waals surface area (Å²) >= 11 is 0. The van der Waals surface area contributed by atoms with E-state index in [-0.39, 0.29) is 5.78 Å². The second-order valence-corrected chi connectivity index (χ2v) is 3.04. The first-order chi connectivity index (χ1) is 4.00. The Labute approximate surface area is 58.4 Å². The highest BCUT2D eigenvalue weighted by molar-refractivity contribution is 7.83. The van der Waals surface area contributed by atoms with E-state index < -0.39 is 10.8 Å². The van der Waals surface area contributed by atoms with Crippen molar-refractivity contribution in [3.63, 3.8) is 0 Å². The molecule has 0 N–H and O–H groups in total. The average molecular weight is 148 g/mol. The molecule has 0 amide bonds. The lowest BCUT2D eigenvalue weighted by molar-refractivity contribution is -0.112. The highest BCUT2D eigenvalue weighted by Crippen LogP contribution is 1.60. The molecule has 0 bridgehead atoms. The van der Waals surface area contributed by atoms with Crippen LogP contribution in [0.5, 0.6) is 0 Å². The van der Waals surface area contributed by atoms with E-state index in [0.717, 1.165) is 0 Å². The van der Waals surface area contributed by atoms with Gasteiger partial charge < -0.3 is 0 Å². The molecular weight excluding hydrogens is 136 g/mol. The van der Waals surface area contributed by atoms with Crippen LogP contribution in [-0.2, 0) is 15.6 Å². The van der Waals surface area contributed by atoms with Crippen LogP contribution in [0.25, 0.3) is 0 Å². The topological polar surface area (TPSA) is 34.1 Å². The fourth-order valence-electron chi connectivity index (χ4n) is 0. The van der Waals surface area contributed by atoms with Gasteiger partial charge in [-0.2, -0.15) is 0 Å². The molecule has 0 spiro atoms. The first kappa shape index (κ1) is 11.4. The summed E-state index contributed by atoms with van der Waals surface area (Å²) in [7, 11) is -0.611. The standard InChI is InChI=1S/C4H6O.C2H6OS/c1-3-4(2)5;1-4(2)3/h3H,1H2,2H3;1-2H3. The first-order valence-electron chi connectivity index (χ1n) is 2.38. The molecule has 0 aliphatic heterocycles. The van der Waals surface area contributed by atoms with Crippen LogP contribution in [0.15, 0.2) is 12.7 Å². The highest BCUT2D eigenvalue weighted by Gasteiger charge is 1.69. The molecule has 2 nitrogen and oxygen atoms in total. The van der Waals surface area contributed by atoms with Crippen LogP contribution in [-0.4, -0.2) is 22.5 Å². The summed E-state index contributed by atoms with van der Waals surface area (Å²) in [5, 5.41) is 0. The number of carbonyl (C=O) groups is 1. The molecule has 0 aromatic rings. The number of allylic oxidation sites excluding steroid dienone is 1. The van der Waals surface area contributed by atoms with Crippen molar-refractivity contribution in [1.82, 2.24) is 0 Å². The predicted octanol–water partition coefficient (Wildman–Crippen LogP) is 0.756. The maximum Gasteiger partial charge on any atom is 0.152 e. The fraction of sp³-hybridized carbons (Fsp3) is 0.500. The van der Waals surface area contributed by atoms with Gasteiger partial charge in [-0.1, -0.05) is 6.58 Å². The molecular formula is C6H12O2S. The van der Waals surface area contributed by atoms with Crippen molar-refractivity contribution in [1.29, 1.82) is 0 Å². The summed E-state index contributed by atoms with van der Waals surface area (Å²) < 4.78 is 9.56. The van der Waals surface area contributed by atoms with Crippen LogP contribution in [0.3, 0.4) is 0 Å². The van der Waals surface area contributed by atoms with E-state index in [1.807, 2.05) is 0 Å². The Bertz CT molecular complexity index is 114. The van der Waals surface area contributed by atoms with Gasteiger partial charge in [0.1, 0.15) is 0 Å². The number of rotatable bonds is 1. The minimum atomic E-state index is -0.611. The molecule has 0 fully saturated rings. The molecule has 54 valence electrons. The quantitative estimate of drug-likeness (QED) is 0.514. The van der Waals surface area contributed by atoms with E-state index in [1.54, 1.807) is 12.5 Å². The Morgan fingerprint density at radius 3 is 1.67 bits per heavy atom. The van der Waals surface area contributed by atoms with Crippen LogP contribution in [0.2, 0.25) is 0 Å². The summed E-state index contributed by atoms with van der Waals surface area (Å²) in [6, 6.07) is 0. The van der Waals surface area contributed by atoms with Crippen molar-refractivity contribution in [2.45, 2.75) is 6.92 Å². The monoisotopic (exact) mass is 148 g/mol. The summed E-state index contributed by atoms with van der Waals surface area (Å²) in [5.74, 6) is 0.0185. The highest BCUT2D eigenvalue weighted by atomic mass is 32.2. The number of hydrogen-bond donors (Lipinski definition) is 0. The van der Waals surface area contributed by atoms with Gasteiger partial charge >= 0.3 is 0 Å². The molecule has 0 unspecified atom stereocenters. The van der Waals surface area contributed by atoms with Crippen LogP contribution >= 0.6 is 0 Å². The number of carbonyl (C=O) groups excluding carboxylic acids is 1. The van der Waals surface area contributed by atoms with Crippen LogP contribution < -0.4 is 0 Å². The third-order valence-electron chi connectivity index (χ3n) is 0.287. The van der Waals surface area contributed by atoms with E-state index in [2.05, 4.69) is 6.58 Å². The molecule has 0 aliphatic carbocycles. The van der Waals surface area contributed by atoms with Crippen LogP contribution in [0.4, 0.5) is 0 Å². The Hall–Kier alpha value is -0.440. The van der Waals surface area contributed by atoms with Crippen LogP contribution in [0.1, 0.15) is 6.92 Å². The molecule has 0 aliphatic rings. The normalized spacial score (nSPS) is 7.56. The summed E-state index contributed by atoms with van der Waals surface area (Å²) in [6.07, 6.45) is 4.56. The summed E-state index contributed by atoms with van der Waals surface area (Å²) in [6.45, 7) is 4.68. The largest absolute Gasteiger partial charge is 0.295 e. The smallest absolute Gasteiger partial charge is 0.152 e. The number of ketones is 1. The summed E-state index contributed by atoms with van der Waals surface area (Å²) in [4.78, 5) is 9.69. The van der Waals surface area contributed by atoms with Crippen molar-refractivity contribution in [2.24, 2.45) is 0 Å². The van der Waals surface area contributed by atoms with Gasteiger partial charge in [0, 0.05) is 23.3 Å². The van der Waals surface area contributed by atoms with Gasteiger partial charge in [0.05, 0.1) is 0 Å². The molecule has 0 aromatic heterocycles. The first-order valence-corrected chi connectivity index (χ1v) is 4.35. The Kier molecular flexibility index (Phi) is 9.55. The molecule has 0 atom stereocenters. The predicted molar refractivity (Wildman–Crippen MR) is 40.9 cm³/mol. The second kappa shape index (κ2) is 7.56. The van der Waals surface area contributed by atoms with Gasteiger partial charge in [0.25, 0.3) is 0 Å². The lowest BCUT2D eigenvalue weighted by atomic mass is 10.5. The second-order valence-electron chi connectivity index (χ2n) is 1.56. The van der Waals surface area contributed by atoms with Crippen LogP contribution in [0, 0.1) is 0 Å². The summed E-state index contributed by atoms with van der Waals surface area (Å²) in [5.41, 5.74) is 0. The Morgan fingerprint density at radius 1 is 1.56 bits per heavy atom. The zero-order chi connectivity index (χ0) is 7.86. The molecule has 0 radical (unpaired) electrons. The lowest BCUT2D eigenvalue weighted by Crippen LogP contribution is -1.74. The minimum Gasteiger partial charge on any atom is -0.295 e. The van der Waals surface area contributed by atoms with Gasteiger partial charge in [-0.05, 0) is 13.0 Å². The molecule has 9 heavy (non-hydrogen) atoms. The van der Waals surface area contributed by atoms with E-state index >= 15 is 0 Å². The zero-order valence-corrected chi connectivity index (χ0v) is 6.83. The van der Waals surface area contributed by atoms with Gasteiger partial charge in [-0.3, -0.25) is 9.00 Å². The van der Waals surface area contributed by atoms with Gasteiger partial charge in [0.2, 0.25) is 0 Å². The third-order valence-corrected chi connectivity index (χ3v) is 0.287.